The third-order valence-corrected chi connectivity index (χ3v) is 5.11. The maximum absolute atomic E-state index is 12.9. The van der Waals surface area contributed by atoms with Crippen LogP contribution in [0.4, 0.5) is 5.95 Å². The van der Waals surface area contributed by atoms with Crippen molar-refractivity contribution < 1.29 is 19.0 Å². The zero-order chi connectivity index (χ0) is 21.0. The number of allylic oxidation sites excluding steroid dienone is 1. The Labute approximate surface area is 177 Å². The lowest BCUT2D eigenvalue weighted by atomic mass is 9.95. The van der Waals surface area contributed by atoms with Crippen LogP contribution in [0, 0.1) is 0 Å². The molecule has 1 aromatic carbocycles. The zero-order valence-corrected chi connectivity index (χ0v) is 18.4. The van der Waals surface area contributed by atoms with Gasteiger partial charge in [0.1, 0.15) is 6.04 Å². The summed E-state index contributed by atoms with van der Waals surface area (Å²) in [4.78, 5) is 12.9. The molecule has 29 heavy (non-hydrogen) atoms. The van der Waals surface area contributed by atoms with Gasteiger partial charge in [0.2, 0.25) is 5.95 Å². The second-order valence-electron chi connectivity index (χ2n) is 6.47. The second kappa shape index (κ2) is 9.25. The number of carbonyl (C=O) groups excluding carboxylic acids is 1. The van der Waals surface area contributed by atoms with Crippen molar-refractivity contribution in [3.05, 3.63) is 33.4 Å². The number of tetrazole rings is 1. The molecule has 0 aliphatic carbocycles. The number of nitrogens with one attached hydrogen (secondary N) is 1. The Hall–Kier alpha value is -2.62. The molecule has 1 unspecified atom stereocenters. The van der Waals surface area contributed by atoms with E-state index in [9.17, 15) is 4.79 Å². The number of carbonyl (C=O) groups is 1. The molecular weight excluding hydrogens is 442 g/mol. The van der Waals surface area contributed by atoms with Crippen molar-refractivity contribution in [2.75, 3.05) is 25.6 Å². The summed E-state index contributed by atoms with van der Waals surface area (Å²) >= 11 is 3.54. The van der Waals surface area contributed by atoms with Crippen LogP contribution in [0.3, 0.4) is 0 Å². The quantitative estimate of drug-likeness (QED) is 0.466. The highest BCUT2D eigenvalue weighted by molar-refractivity contribution is 9.10. The number of unbranched alkanes of at least 4 members (excludes halogenated alkanes) is 1. The van der Waals surface area contributed by atoms with Gasteiger partial charge in [-0.25, -0.2) is 4.79 Å². The number of aromatic nitrogens is 4. The molecule has 0 fully saturated rings. The standard InChI is InChI=1S/C19H24BrN5O4/c1-5-7-8-29-18(26)15-11(3)21-19-22-23-24-25(19)16(15)12-9-13(20)17(27-4)14(10-12)28-6-2/h9-10,16H,5-8H2,1-4H3,(H,21,22,24). The van der Waals surface area contributed by atoms with Gasteiger partial charge in [-0.1, -0.05) is 18.4 Å². The molecule has 1 aliphatic rings. The van der Waals surface area contributed by atoms with E-state index in [1.165, 1.54) is 0 Å². The van der Waals surface area contributed by atoms with Gasteiger partial charge in [0.25, 0.3) is 0 Å². The third-order valence-electron chi connectivity index (χ3n) is 4.52. The van der Waals surface area contributed by atoms with Crippen LogP contribution in [0.15, 0.2) is 27.9 Å². The minimum Gasteiger partial charge on any atom is -0.492 e. The van der Waals surface area contributed by atoms with Crippen LogP contribution in [-0.4, -0.2) is 46.5 Å². The maximum atomic E-state index is 12.9. The molecule has 10 heteroatoms. The fourth-order valence-electron chi connectivity index (χ4n) is 3.18. The summed E-state index contributed by atoms with van der Waals surface area (Å²) in [7, 11) is 1.58. The normalized spacial score (nSPS) is 15.6. The Bertz CT molecular complexity index is 927. The van der Waals surface area contributed by atoms with Crippen molar-refractivity contribution in [2.45, 2.75) is 39.7 Å². The van der Waals surface area contributed by atoms with Crippen LogP contribution >= 0.6 is 15.9 Å². The van der Waals surface area contributed by atoms with Crippen molar-refractivity contribution in [3.63, 3.8) is 0 Å². The van der Waals surface area contributed by atoms with Gasteiger partial charge in [0, 0.05) is 5.70 Å². The van der Waals surface area contributed by atoms with E-state index in [0.29, 0.717) is 46.4 Å². The molecule has 2 heterocycles. The van der Waals surface area contributed by atoms with Crippen molar-refractivity contribution in [2.24, 2.45) is 0 Å². The molecule has 0 saturated carbocycles. The molecule has 0 radical (unpaired) electrons. The van der Waals surface area contributed by atoms with Crippen LogP contribution < -0.4 is 14.8 Å². The SMILES string of the molecule is CCCCOC(=O)C1=C(C)Nc2nnnn2C1c1cc(Br)c(OC)c(OCC)c1. The molecule has 1 aromatic heterocycles. The molecule has 3 rings (SSSR count). The van der Waals surface area contributed by atoms with E-state index in [0.717, 1.165) is 18.4 Å². The van der Waals surface area contributed by atoms with E-state index in [4.69, 9.17) is 14.2 Å². The van der Waals surface area contributed by atoms with Crippen LogP contribution in [0.5, 0.6) is 11.5 Å². The topological polar surface area (TPSA) is 100 Å². The number of hydrogen-bond donors (Lipinski definition) is 1. The Morgan fingerprint density at radius 1 is 1.34 bits per heavy atom. The minimum atomic E-state index is -0.572. The largest absolute Gasteiger partial charge is 0.492 e. The van der Waals surface area contributed by atoms with Crippen LogP contribution in [0.25, 0.3) is 0 Å². The van der Waals surface area contributed by atoms with E-state index >= 15 is 0 Å². The number of fused-ring (bicyclic) bond motifs is 1. The van der Waals surface area contributed by atoms with E-state index in [2.05, 4.69) is 36.8 Å². The van der Waals surface area contributed by atoms with Gasteiger partial charge in [-0.2, -0.15) is 4.68 Å². The summed E-state index contributed by atoms with van der Waals surface area (Å²) in [5, 5.41) is 14.9. The molecule has 0 spiro atoms. The lowest BCUT2D eigenvalue weighted by molar-refractivity contribution is -0.139. The van der Waals surface area contributed by atoms with E-state index in [1.807, 2.05) is 32.9 Å². The summed E-state index contributed by atoms with van der Waals surface area (Å²) < 4.78 is 19.0. The minimum absolute atomic E-state index is 0.359. The summed E-state index contributed by atoms with van der Waals surface area (Å²) in [6, 6.07) is 3.13. The molecule has 1 N–H and O–H groups in total. The average molecular weight is 466 g/mol. The average Bonchev–Trinajstić information content (AvgIpc) is 3.15. The van der Waals surface area contributed by atoms with Crippen molar-refractivity contribution in [1.29, 1.82) is 0 Å². The molecule has 1 aliphatic heterocycles. The lowest BCUT2D eigenvalue weighted by Crippen LogP contribution is -2.30. The third kappa shape index (κ3) is 4.21. The highest BCUT2D eigenvalue weighted by Gasteiger charge is 2.35. The van der Waals surface area contributed by atoms with Crippen LogP contribution in [0.1, 0.15) is 45.2 Å². The second-order valence-corrected chi connectivity index (χ2v) is 7.32. The van der Waals surface area contributed by atoms with E-state index in [-0.39, 0.29) is 0 Å². The van der Waals surface area contributed by atoms with Crippen LogP contribution in [-0.2, 0) is 9.53 Å². The molecule has 156 valence electrons. The van der Waals surface area contributed by atoms with Gasteiger partial charge < -0.3 is 19.5 Å². The predicted octanol–water partition coefficient (Wildman–Crippen LogP) is 3.48. The molecule has 1 atom stereocenters. The summed E-state index contributed by atoms with van der Waals surface area (Å²) in [6.45, 7) is 6.57. The first-order chi connectivity index (χ1) is 14.0. The number of benzene rings is 1. The summed E-state index contributed by atoms with van der Waals surface area (Å²) in [5.74, 6) is 1.18. The monoisotopic (exact) mass is 465 g/mol. The number of nitrogens with zero attached hydrogens (tertiary/aromatic N) is 4. The number of hydrogen-bond acceptors (Lipinski definition) is 8. The number of rotatable bonds is 8. The highest BCUT2D eigenvalue weighted by Crippen LogP contribution is 2.42. The first-order valence-electron chi connectivity index (χ1n) is 9.44. The maximum Gasteiger partial charge on any atom is 0.338 e. The zero-order valence-electron chi connectivity index (χ0n) is 16.9. The van der Waals surface area contributed by atoms with Gasteiger partial charge in [0.05, 0.1) is 30.4 Å². The molecule has 0 amide bonds. The van der Waals surface area contributed by atoms with Crippen molar-refractivity contribution in [3.8, 4) is 11.5 Å². The number of anilines is 1. The van der Waals surface area contributed by atoms with Crippen molar-refractivity contribution >= 4 is 27.8 Å². The lowest BCUT2D eigenvalue weighted by Gasteiger charge is -2.28. The van der Waals surface area contributed by atoms with Gasteiger partial charge in [-0.3, -0.25) is 0 Å². The number of methoxy groups -OCH3 is 1. The first kappa shape index (κ1) is 21.1. The highest BCUT2D eigenvalue weighted by atomic mass is 79.9. The molecule has 0 saturated heterocycles. The predicted molar refractivity (Wildman–Crippen MR) is 110 cm³/mol. The molecule has 0 bridgehead atoms. The van der Waals surface area contributed by atoms with Gasteiger partial charge in [-0.15, -0.1) is 0 Å². The fraction of sp³-hybridized carbons (Fsp3) is 0.474. The number of esters is 1. The first-order valence-corrected chi connectivity index (χ1v) is 10.2. The molecule has 2 aromatic rings. The Balaban J connectivity index is 2.10. The number of ether oxygens (including phenoxy) is 3. The van der Waals surface area contributed by atoms with E-state index < -0.39 is 12.0 Å². The van der Waals surface area contributed by atoms with E-state index in [1.54, 1.807) is 11.8 Å². The van der Waals surface area contributed by atoms with Crippen molar-refractivity contribution in [1.82, 2.24) is 20.2 Å². The Morgan fingerprint density at radius 2 is 2.14 bits per heavy atom. The van der Waals surface area contributed by atoms with Gasteiger partial charge >= 0.3 is 5.97 Å². The van der Waals surface area contributed by atoms with Crippen LogP contribution in [0.2, 0.25) is 0 Å². The summed E-state index contributed by atoms with van der Waals surface area (Å²) in [5.41, 5.74) is 1.85. The number of halogens is 1. The van der Waals surface area contributed by atoms with Gasteiger partial charge in [-0.05, 0) is 64.3 Å². The summed E-state index contributed by atoms with van der Waals surface area (Å²) in [6.07, 6.45) is 1.74. The Kier molecular flexibility index (Phi) is 6.73. The van der Waals surface area contributed by atoms with Gasteiger partial charge in [0.15, 0.2) is 11.5 Å². The Morgan fingerprint density at radius 3 is 2.83 bits per heavy atom. The fourth-order valence-corrected chi connectivity index (χ4v) is 3.80. The molecular formula is C19H24BrN5O4. The smallest absolute Gasteiger partial charge is 0.338 e. The molecule has 9 nitrogen and oxygen atoms in total.